The van der Waals surface area contributed by atoms with Gasteiger partial charge in [0.1, 0.15) is 24.3 Å². The zero-order valence-corrected chi connectivity index (χ0v) is 24.7. The molecule has 0 bridgehead atoms. The Kier molecular flexibility index (Phi) is 11.8. The lowest BCUT2D eigenvalue weighted by Crippen LogP contribution is -2.53. The van der Waals surface area contributed by atoms with Crippen molar-refractivity contribution >= 4 is 30.3 Å². The van der Waals surface area contributed by atoms with Crippen LogP contribution in [0.3, 0.4) is 0 Å². The molecule has 1 aromatic heterocycles. The number of nitrogens with one attached hydrogen (secondary N) is 3. The molecule has 0 aliphatic carbocycles. The smallest absolute Gasteiger partial charge is 0.330 e. The van der Waals surface area contributed by atoms with Crippen LogP contribution in [0.15, 0.2) is 15.8 Å². The molecule has 6 atom stereocenters. The molecule has 0 saturated carbocycles. The number of nitrogens with zero attached hydrogens (tertiary/aromatic N) is 1. The zero-order valence-electron chi connectivity index (χ0n) is 23.0. The van der Waals surface area contributed by atoms with Gasteiger partial charge in [-0.3, -0.25) is 23.9 Å². The van der Waals surface area contributed by atoms with Crippen molar-refractivity contribution in [2.24, 2.45) is 0 Å². The molecule has 1 fully saturated rings. The molecule has 0 radical (unpaired) electrons. The van der Waals surface area contributed by atoms with Gasteiger partial charge in [0.15, 0.2) is 18.4 Å². The second kappa shape index (κ2) is 13.9. The summed E-state index contributed by atoms with van der Waals surface area (Å²) >= 11 is 5.50. The van der Waals surface area contributed by atoms with Crippen molar-refractivity contribution in [3.8, 4) is 0 Å². The van der Waals surface area contributed by atoms with Crippen LogP contribution in [-0.4, -0.2) is 86.8 Å². The van der Waals surface area contributed by atoms with Gasteiger partial charge in [-0.05, 0) is 53.3 Å². The number of H-pyrrole nitrogens is 1. The molecule has 0 aromatic carbocycles. The Bertz CT molecular complexity index is 1230. The minimum absolute atomic E-state index is 0.287. The largest absolute Gasteiger partial charge is 0.462 e. The second-order valence-electron chi connectivity index (χ2n) is 9.84. The number of ether oxygens (including phenoxy) is 3. The minimum atomic E-state index is -3.87. The van der Waals surface area contributed by atoms with E-state index < -0.39 is 96.9 Å². The molecule has 2 rings (SSSR count). The number of halogens is 3. The first kappa shape index (κ1) is 35.0. The third kappa shape index (κ3) is 8.44. The van der Waals surface area contributed by atoms with Crippen LogP contribution in [0.25, 0.3) is 0 Å². The number of aliphatic hydroxyl groups is 2. The van der Waals surface area contributed by atoms with Gasteiger partial charge in [-0.25, -0.2) is 23.7 Å². The summed E-state index contributed by atoms with van der Waals surface area (Å²) in [7, 11) is 0. The highest BCUT2D eigenvalue weighted by Crippen LogP contribution is 2.46. The maximum atomic E-state index is 14.5. The molecule has 2 heterocycles. The highest BCUT2D eigenvalue weighted by molar-refractivity contribution is 8.10. The van der Waals surface area contributed by atoms with Crippen molar-refractivity contribution < 1.29 is 51.7 Å². The van der Waals surface area contributed by atoms with Crippen molar-refractivity contribution in [2.45, 2.75) is 96.3 Å². The highest BCUT2D eigenvalue weighted by atomic mass is 32.4. The summed E-state index contributed by atoms with van der Waals surface area (Å²) in [6.45, 7) is 3.91. The quantitative estimate of drug-likeness (QED) is 0.144. The maximum absolute atomic E-state index is 14.5. The van der Waals surface area contributed by atoms with Gasteiger partial charge in [0, 0.05) is 0 Å². The Morgan fingerprint density at radius 1 is 1.10 bits per heavy atom. The third-order valence-electron chi connectivity index (χ3n) is 5.63. The number of carbonyl (C=O) groups excluding carboxylic acids is 2. The Hall–Kier alpha value is -2.18. The molecular weight excluding hydrogens is 600 g/mol. The van der Waals surface area contributed by atoms with Crippen LogP contribution in [0.5, 0.6) is 0 Å². The van der Waals surface area contributed by atoms with Gasteiger partial charge in [-0.1, -0.05) is 0 Å². The topological polar surface area (TPSA) is 190 Å². The Balaban J connectivity index is 2.42. The van der Waals surface area contributed by atoms with Gasteiger partial charge in [0.05, 0.1) is 25.0 Å². The predicted molar refractivity (Wildman–Crippen MR) is 140 cm³/mol. The van der Waals surface area contributed by atoms with Gasteiger partial charge in [0.2, 0.25) is 5.82 Å². The van der Waals surface area contributed by atoms with E-state index in [4.69, 9.17) is 30.5 Å². The van der Waals surface area contributed by atoms with Crippen LogP contribution in [0.1, 0.15) is 47.8 Å². The van der Waals surface area contributed by atoms with Crippen LogP contribution < -0.4 is 21.4 Å². The van der Waals surface area contributed by atoms with Crippen molar-refractivity contribution in [3.05, 3.63) is 32.9 Å². The molecule has 14 nitrogen and oxygen atoms in total. The number of rotatable bonds is 13. The second-order valence-corrected chi connectivity index (χ2v) is 13.3. The average Bonchev–Trinajstić information content (AvgIpc) is 3.10. The van der Waals surface area contributed by atoms with E-state index in [9.17, 15) is 42.6 Å². The van der Waals surface area contributed by atoms with E-state index in [0.717, 1.165) is 0 Å². The summed E-state index contributed by atoms with van der Waals surface area (Å²) in [5.74, 6) is -3.06. The number of esters is 2. The molecule has 5 N–H and O–H groups in total. The van der Waals surface area contributed by atoms with E-state index in [1.54, 1.807) is 32.7 Å². The van der Waals surface area contributed by atoms with Crippen LogP contribution in [-0.2, 0) is 40.1 Å². The first-order valence-corrected chi connectivity index (χ1v) is 15.1. The van der Waals surface area contributed by atoms with E-state index in [1.165, 1.54) is 13.8 Å². The zero-order chi connectivity index (χ0) is 31.4. The van der Waals surface area contributed by atoms with Crippen molar-refractivity contribution in [1.29, 1.82) is 0 Å². The number of aromatic nitrogens is 2. The molecule has 0 amide bonds. The summed E-state index contributed by atoms with van der Waals surface area (Å²) in [5, 5.41) is 26.4. The first-order chi connectivity index (χ1) is 18.8. The fraction of sp³-hybridized carbons (Fsp3) is 0.727. The maximum Gasteiger partial charge on any atom is 0.330 e. The normalized spacial score (nSPS) is 24.6. The summed E-state index contributed by atoms with van der Waals surface area (Å²) in [6.07, 6.45) is -11.0. The number of alkyl halides is 2. The lowest BCUT2D eigenvalue weighted by Gasteiger charge is -2.35. The minimum Gasteiger partial charge on any atom is -0.462 e. The van der Waals surface area contributed by atoms with E-state index in [0.29, 0.717) is 6.20 Å². The molecule has 1 aliphatic heterocycles. The fourth-order valence-electron chi connectivity index (χ4n) is 3.63. The number of carbonyl (C=O) groups is 2. The number of hydrogen-bond donors (Lipinski definition) is 5. The molecule has 1 saturated heterocycles. The van der Waals surface area contributed by atoms with E-state index in [-0.39, 0.29) is 4.57 Å². The van der Waals surface area contributed by atoms with E-state index in [2.05, 4.69) is 10.2 Å². The van der Waals surface area contributed by atoms with E-state index in [1.807, 2.05) is 0 Å². The number of hydrogen-bond acceptors (Lipinski definition) is 11. The third-order valence-corrected chi connectivity index (χ3v) is 8.53. The van der Waals surface area contributed by atoms with Gasteiger partial charge in [0.25, 0.3) is 12.0 Å². The average molecular weight is 635 g/mol. The molecule has 0 spiro atoms. The van der Waals surface area contributed by atoms with Gasteiger partial charge < -0.3 is 28.9 Å². The van der Waals surface area contributed by atoms with Gasteiger partial charge in [-0.15, -0.1) is 0 Å². The van der Waals surface area contributed by atoms with Crippen molar-refractivity contribution in [3.63, 3.8) is 0 Å². The SMILES string of the molecule is CC(C)OC(=O)[C@H](C)NP(=S)(N[C@@H](C)C(=O)OC(C)C)OC[C@@]1(C(F)F)O[C@@H](n2cc(F)c(=O)[nH]c2=O)[C@H](O)[C@@H]1O. The summed E-state index contributed by atoms with van der Waals surface area (Å²) in [4.78, 5) is 50.0. The van der Waals surface area contributed by atoms with Crippen LogP contribution in [0.2, 0.25) is 0 Å². The monoisotopic (exact) mass is 634 g/mol. The van der Waals surface area contributed by atoms with Crippen LogP contribution >= 0.6 is 6.57 Å². The van der Waals surface area contributed by atoms with Crippen LogP contribution in [0.4, 0.5) is 13.2 Å². The Morgan fingerprint density at radius 2 is 1.59 bits per heavy atom. The molecule has 0 unspecified atom stereocenters. The predicted octanol–water partition coefficient (Wildman–Crippen LogP) is 0.0307. The Labute approximate surface area is 237 Å². The molecular formula is C22H34F3N4O10PS. The summed E-state index contributed by atoms with van der Waals surface area (Å²) < 4.78 is 64.2. The van der Waals surface area contributed by atoms with Crippen LogP contribution in [0, 0.1) is 5.82 Å². The van der Waals surface area contributed by atoms with Crippen molar-refractivity contribution in [1.82, 2.24) is 19.7 Å². The molecule has 1 aromatic rings. The molecule has 41 heavy (non-hydrogen) atoms. The lowest BCUT2D eigenvalue weighted by atomic mass is 9.96. The first-order valence-electron chi connectivity index (χ1n) is 12.4. The number of aromatic amines is 1. The van der Waals surface area contributed by atoms with Crippen molar-refractivity contribution in [2.75, 3.05) is 6.61 Å². The molecule has 1 aliphatic rings. The Morgan fingerprint density at radius 3 is 2.02 bits per heavy atom. The summed E-state index contributed by atoms with van der Waals surface area (Å²) in [5.41, 5.74) is -5.77. The molecule has 19 heteroatoms. The summed E-state index contributed by atoms with van der Waals surface area (Å²) in [6, 6.07) is -2.36. The van der Waals surface area contributed by atoms with Gasteiger partial charge in [-0.2, -0.15) is 4.39 Å². The standard InChI is InChI=1S/C22H34F3N4O10PS/c1-9(2)37-18(33)11(5)27-40(41,28-12(6)19(34)38-10(3)4)36-8-22(20(24)25)15(31)14(30)17(39-22)29-7-13(23)16(32)26-21(29)35/h7,9-12,14-15,17,20,30-31H,8H2,1-6H3,(H,26,32,35)(H2,27,28,41)/t11-,12-,14+,15-,17+,22+/m0/s1. The lowest BCUT2D eigenvalue weighted by molar-refractivity contribution is -0.191. The molecule has 234 valence electrons. The number of aliphatic hydroxyl groups excluding tert-OH is 2. The van der Waals surface area contributed by atoms with E-state index >= 15 is 0 Å². The fourth-order valence-corrected chi connectivity index (χ4v) is 6.58. The highest BCUT2D eigenvalue weighted by Gasteiger charge is 2.61. The van der Waals surface area contributed by atoms with Gasteiger partial charge >= 0.3 is 17.6 Å².